The SMILES string of the molecule is CC(Oc1cccc(Cl)c1)C(=O)OCC(=O)NC(=O)NCc1ccco1. The summed E-state index contributed by atoms with van der Waals surface area (Å²) in [6.45, 7) is 0.976. The molecule has 0 aliphatic carbocycles. The van der Waals surface area contributed by atoms with Crippen LogP contribution in [0.1, 0.15) is 12.7 Å². The summed E-state index contributed by atoms with van der Waals surface area (Å²) in [7, 11) is 0. The van der Waals surface area contributed by atoms with Crippen molar-refractivity contribution in [3.63, 3.8) is 0 Å². The third-order valence-electron chi connectivity index (χ3n) is 3.04. The van der Waals surface area contributed by atoms with Crippen molar-refractivity contribution in [2.45, 2.75) is 19.6 Å². The van der Waals surface area contributed by atoms with Gasteiger partial charge < -0.3 is 19.2 Å². The topological polar surface area (TPSA) is 107 Å². The van der Waals surface area contributed by atoms with Crippen molar-refractivity contribution in [3.8, 4) is 5.75 Å². The van der Waals surface area contributed by atoms with Crippen LogP contribution in [0.3, 0.4) is 0 Å². The fourth-order valence-electron chi connectivity index (χ4n) is 1.83. The number of amides is 3. The molecule has 1 unspecified atom stereocenters. The first kappa shape index (κ1) is 19.3. The van der Waals surface area contributed by atoms with Gasteiger partial charge in [0.2, 0.25) is 0 Å². The van der Waals surface area contributed by atoms with Crippen LogP contribution in [0, 0.1) is 0 Å². The molecule has 2 aromatic rings. The molecular formula is C17H17ClN2O6. The Bertz CT molecular complexity index is 762. The standard InChI is InChI=1S/C17H17ClN2O6/c1-11(26-13-5-2-4-12(18)8-13)16(22)25-10-15(21)20-17(23)19-9-14-6-3-7-24-14/h2-8,11H,9-10H2,1H3,(H2,19,20,21,23). The van der Waals surface area contributed by atoms with Gasteiger partial charge in [-0.05, 0) is 37.3 Å². The normalized spacial score (nSPS) is 11.3. The van der Waals surface area contributed by atoms with E-state index in [1.165, 1.54) is 13.2 Å². The Balaban J connectivity index is 1.68. The quantitative estimate of drug-likeness (QED) is 0.713. The monoisotopic (exact) mass is 380 g/mol. The first-order valence-corrected chi connectivity index (χ1v) is 8.01. The highest BCUT2D eigenvalue weighted by molar-refractivity contribution is 6.30. The number of halogens is 1. The van der Waals surface area contributed by atoms with Crippen molar-refractivity contribution < 1.29 is 28.3 Å². The Morgan fingerprint density at radius 1 is 1.23 bits per heavy atom. The average Bonchev–Trinajstić information content (AvgIpc) is 3.11. The molecule has 0 radical (unpaired) electrons. The number of esters is 1. The molecule has 2 N–H and O–H groups in total. The molecule has 0 bridgehead atoms. The summed E-state index contributed by atoms with van der Waals surface area (Å²) < 4.78 is 15.2. The second-order valence-corrected chi connectivity index (χ2v) is 5.57. The summed E-state index contributed by atoms with van der Waals surface area (Å²) in [6, 6.07) is 9.12. The van der Waals surface area contributed by atoms with Crippen LogP contribution in [-0.4, -0.2) is 30.6 Å². The zero-order valence-corrected chi connectivity index (χ0v) is 14.6. The third kappa shape index (κ3) is 6.48. The summed E-state index contributed by atoms with van der Waals surface area (Å²) in [4.78, 5) is 35.0. The van der Waals surface area contributed by atoms with E-state index >= 15 is 0 Å². The second kappa shape index (κ2) is 9.47. The van der Waals surface area contributed by atoms with Gasteiger partial charge in [0.25, 0.3) is 5.91 Å². The van der Waals surface area contributed by atoms with Crippen molar-refractivity contribution >= 4 is 29.5 Å². The van der Waals surface area contributed by atoms with Gasteiger partial charge in [0.1, 0.15) is 11.5 Å². The lowest BCUT2D eigenvalue weighted by Gasteiger charge is -2.14. The Morgan fingerprint density at radius 2 is 2.04 bits per heavy atom. The maximum atomic E-state index is 11.8. The lowest BCUT2D eigenvalue weighted by atomic mass is 10.3. The van der Waals surface area contributed by atoms with Crippen LogP contribution in [-0.2, 0) is 20.9 Å². The maximum absolute atomic E-state index is 11.8. The third-order valence-corrected chi connectivity index (χ3v) is 3.28. The lowest BCUT2D eigenvalue weighted by molar-refractivity contribution is -0.154. The van der Waals surface area contributed by atoms with Crippen LogP contribution < -0.4 is 15.4 Å². The molecule has 0 aliphatic rings. The van der Waals surface area contributed by atoms with E-state index in [1.807, 2.05) is 5.32 Å². The molecule has 1 aromatic carbocycles. The van der Waals surface area contributed by atoms with Gasteiger partial charge in [-0.1, -0.05) is 17.7 Å². The van der Waals surface area contributed by atoms with E-state index in [0.717, 1.165) is 0 Å². The molecule has 1 aromatic heterocycles. The smallest absolute Gasteiger partial charge is 0.347 e. The maximum Gasteiger partial charge on any atom is 0.347 e. The largest absolute Gasteiger partial charge is 0.479 e. The minimum absolute atomic E-state index is 0.121. The van der Waals surface area contributed by atoms with Crippen LogP contribution in [0.25, 0.3) is 0 Å². The number of carbonyl (C=O) groups excluding carboxylic acids is 3. The second-order valence-electron chi connectivity index (χ2n) is 5.14. The predicted octanol–water partition coefficient (Wildman–Crippen LogP) is 2.27. The van der Waals surface area contributed by atoms with Crippen molar-refractivity contribution in [2.75, 3.05) is 6.61 Å². The molecule has 26 heavy (non-hydrogen) atoms. The molecule has 3 amide bonds. The Kier molecular flexibility index (Phi) is 7.04. The summed E-state index contributed by atoms with van der Waals surface area (Å²) in [5.41, 5.74) is 0. The molecule has 0 saturated carbocycles. The molecule has 138 valence electrons. The van der Waals surface area contributed by atoms with E-state index < -0.39 is 30.6 Å². The predicted molar refractivity (Wildman–Crippen MR) is 91.6 cm³/mol. The van der Waals surface area contributed by atoms with Crippen molar-refractivity contribution in [3.05, 3.63) is 53.4 Å². The van der Waals surface area contributed by atoms with Gasteiger partial charge in [-0.3, -0.25) is 10.1 Å². The molecule has 1 atom stereocenters. The van der Waals surface area contributed by atoms with Gasteiger partial charge in [-0.2, -0.15) is 0 Å². The fraction of sp³-hybridized carbons (Fsp3) is 0.235. The average molecular weight is 381 g/mol. The first-order chi connectivity index (χ1) is 12.4. The highest BCUT2D eigenvalue weighted by Crippen LogP contribution is 2.18. The number of rotatable bonds is 7. The molecule has 2 rings (SSSR count). The van der Waals surface area contributed by atoms with Crippen LogP contribution in [0.15, 0.2) is 47.1 Å². The highest BCUT2D eigenvalue weighted by Gasteiger charge is 2.18. The first-order valence-electron chi connectivity index (χ1n) is 7.63. The fourth-order valence-corrected chi connectivity index (χ4v) is 2.01. The Morgan fingerprint density at radius 3 is 2.73 bits per heavy atom. The number of ether oxygens (including phenoxy) is 2. The number of hydrogen-bond donors (Lipinski definition) is 2. The molecule has 1 heterocycles. The van der Waals surface area contributed by atoms with Crippen LogP contribution >= 0.6 is 11.6 Å². The van der Waals surface area contributed by atoms with Gasteiger partial charge in [-0.25, -0.2) is 9.59 Å². The Labute approximate surface area is 154 Å². The van der Waals surface area contributed by atoms with E-state index in [-0.39, 0.29) is 6.54 Å². The number of benzene rings is 1. The molecule has 8 nitrogen and oxygen atoms in total. The number of furan rings is 1. The number of hydrogen-bond acceptors (Lipinski definition) is 6. The molecular weight excluding hydrogens is 364 g/mol. The van der Waals surface area contributed by atoms with Gasteiger partial charge in [0, 0.05) is 5.02 Å². The van der Waals surface area contributed by atoms with Gasteiger partial charge in [0.15, 0.2) is 12.7 Å². The van der Waals surface area contributed by atoms with Gasteiger partial charge >= 0.3 is 12.0 Å². The summed E-state index contributed by atoms with van der Waals surface area (Å²) in [6.07, 6.45) is 0.514. The van der Waals surface area contributed by atoms with Crippen molar-refractivity contribution in [2.24, 2.45) is 0 Å². The van der Waals surface area contributed by atoms with E-state index in [4.69, 9.17) is 25.5 Å². The number of imide groups is 1. The lowest BCUT2D eigenvalue weighted by Crippen LogP contribution is -2.41. The summed E-state index contributed by atoms with van der Waals surface area (Å²) >= 11 is 5.82. The van der Waals surface area contributed by atoms with Crippen molar-refractivity contribution in [1.82, 2.24) is 10.6 Å². The molecule has 0 aliphatic heterocycles. The van der Waals surface area contributed by atoms with E-state index in [2.05, 4.69) is 5.32 Å². The van der Waals surface area contributed by atoms with Crippen LogP contribution in [0.5, 0.6) is 5.75 Å². The van der Waals surface area contributed by atoms with Gasteiger partial charge in [-0.15, -0.1) is 0 Å². The number of urea groups is 1. The van der Waals surface area contributed by atoms with E-state index in [1.54, 1.807) is 36.4 Å². The highest BCUT2D eigenvalue weighted by atomic mass is 35.5. The minimum atomic E-state index is -0.950. The number of carbonyl (C=O) groups is 3. The zero-order chi connectivity index (χ0) is 18.9. The summed E-state index contributed by atoms with van der Waals surface area (Å²) in [5, 5.41) is 4.91. The molecule has 0 spiro atoms. The summed E-state index contributed by atoms with van der Waals surface area (Å²) in [5.74, 6) is -0.601. The van der Waals surface area contributed by atoms with E-state index in [0.29, 0.717) is 16.5 Å². The van der Waals surface area contributed by atoms with Crippen LogP contribution in [0.2, 0.25) is 5.02 Å². The molecule has 0 fully saturated rings. The van der Waals surface area contributed by atoms with Crippen molar-refractivity contribution in [1.29, 1.82) is 0 Å². The van der Waals surface area contributed by atoms with Crippen LogP contribution in [0.4, 0.5) is 4.79 Å². The van der Waals surface area contributed by atoms with Gasteiger partial charge in [0.05, 0.1) is 12.8 Å². The molecule has 9 heteroatoms. The number of nitrogens with one attached hydrogen (secondary N) is 2. The Hall–Kier alpha value is -3.00. The zero-order valence-electron chi connectivity index (χ0n) is 13.9. The molecule has 0 saturated heterocycles. The minimum Gasteiger partial charge on any atom is -0.479 e. The van der Waals surface area contributed by atoms with E-state index in [9.17, 15) is 14.4 Å².